The number of hydrogen-bond acceptors (Lipinski definition) is 2. The molecule has 0 aliphatic heterocycles. The molecule has 2 atom stereocenters. The molecule has 21 heavy (non-hydrogen) atoms. The van der Waals surface area contributed by atoms with Crippen molar-refractivity contribution in [2.45, 2.75) is 51.1 Å². The summed E-state index contributed by atoms with van der Waals surface area (Å²) in [6.45, 7) is 7.13. The molecule has 1 nitrogen and oxygen atoms in total. The molecule has 1 aromatic carbocycles. The van der Waals surface area contributed by atoms with Gasteiger partial charge >= 0.3 is 6.18 Å². The first-order valence-corrected chi connectivity index (χ1v) is 8.45. The van der Waals surface area contributed by atoms with Crippen LogP contribution < -0.4 is 5.32 Å². The average molecular weight is 319 g/mol. The predicted octanol–water partition coefficient (Wildman–Crippen LogP) is 5.28. The van der Waals surface area contributed by atoms with Crippen LogP contribution in [0, 0.1) is 0 Å². The molecule has 0 heterocycles. The minimum absolute atomic E-state index is 0.0359. The second-order valence-corrected chi connectivity index (χ2v) is 6.65. The van der Waals surface area contributed by atoms with Gasteiger partial charge < -0.3 is 5.32 Å². The molecule has 0 saturated carbocycles. The van der Waals surface area contributed by atoms with Crippen LogP contribution >= 0.6 is 11.8 Å². The molecule has 5 heteroatoms. The summed E-state index contributed by atoms with van der Waals surface area (Å²) in [7, 11) is 0. The molecule has 0 fully saturated rings. The number of thioether (sulfide) groups is 1. The quantitative estimate of drug-likeness (QED) is 0.700. The lowest BCUT2D eigenvalue weighted by Gasteiger charge is -2.21. The smallest absolute Gasteiger partial charge is 0.309 e. The van der Waals surface area contributed by atoms with Gasteiger partial charge in [-0.3, -0.25) is 0 Å². The van der Waals surface area contributed by atoms with Crippen LogP contribution in [0.25, 0.3) is 0 Å². The van der Waals surface area contributed by atoms with E-state index in [1.54, 1.807) is 17.8 Å². The number of benzene rings is 1. The van der Waals surface area contributed by atoms with Gasteiger partial charge in [-0.05, 0) is 37.1 Å². The van der Waals surface area contributed by atoms with E-state index in [9.17, 15) is 13.2 Å². The Hall–Kier alpha value is -0.680. The van der Waals surface area contributed by atoms with Gasteiger partial charge in [-0.1, -0.05) is 32.9 Å². The van der Waals surface area contributed by atoms with Crippen LogP contribution in [0.15, 0.2) is 24.3 Å². The summed E-state index contributed by atoms with van der Waals surface area (Å²) >= 11 is 1.80. The topological polar surface area (TPSA) is 12.0 Å². The van der Waals surface area contributed by atoms with Crippen molar-refractivity contribution in [3.63, 3.8) is 0 Å². The predicted molar refractivity (Wildman–Crippen MR) is 84.7 cm³/mol. The standard InChI is InChI=1S/C16H24F3NS/c1-4-9-20-15(11-21-12(3)5-2)13-7-6-8-14(10-13)16(17,18)19/h6-8,10,12,15,20H,4-5,9,11H2,1-3H3. The average Bonchev–Trinajstić information content (AvgIpc) is 2.46. The molecule has 1 rings (SSSR count). The van der Waals surface area contributed by atoms with Crippen molar-refractivity contribution in [3.8, 4) is 0 Å². The normalized spacial score (nSPS) is 15.0. The molecule has 0 spiro atoms. The van der Waals surface area contributed by atoms with E-state index in [2.05, 4.69) is 26.1 Å². The molecule has 1 aromatic rings. The van der Waals surface area contributed by atoms with E-state index in [0.29, 0.717) is 10.8 Å². The van der Waals surface area contributed by atoms with Crippen LogP contribution in [0.2, 0.25) is 0 Å². The van der Waals surface area contributed by atoms with Crippen LogP contribution in [0.4, 0.5) is 13.2 Å². The highest BCUT2D eigenvalue weighted by Gasteiger charge is 2.31. The first-order valence-electron chi connectivity index (χ1n) is 7.40. The summed E-state index contributed by atoms with van der Waals surface area (Å²) in [5, 5.41) is 3.87. The first kappa shape index (κ1) is 18.4. The Labute approximate surface area is 129 Å². The Morgan fingerprint density at radius 3 is 2.52 bits per heavy atom. The van der Waals surface area contributed by atoms with Gasteiger partial charge in [0, 0.05) is 17.0 Å². The first-order chi connectivity index (χ1) is 9.88. The molecule has 0 aliphatic rings. The van der Waals surface area contributed by atoms with E-state index in [1.807, 2.05) is 0 Å². The van der Waals surface area contributed by atoms with Crippen molar-refractivity contribution in [2.24, 2.45) is 0 Å². The summed E-state index contributed by atoms with van der Waals surface area (Å²) in [6, 6.07) is 5.63. The Bertz CT molecular complexity index is 420. The highest BCUT2D eigenvalue weighted by molar-refractivity contribution is 7.99. The molecule has 1 N–H and O–H groups in total. The third-order valence-corrected chi connectivity index (χ3v) is 4.81. The lowest BCUT2D eigenvalue weighted by Crippen LogP contribution is -2.25. The Morgan fingerprint density at radius 2 is 1.95 bits per heavy atom. The van der Waals surface area contributed by atoms with E-state index in [4.69, 9.17) is 0 Å². The number of nitrogens with one attached hydrogen (secondary N) is 1. The van der Waals surface area contributed by atoms with E-state index in [1.165, 1.54) is 12.1 Å². The molecule has 0 aliphatic carbocycles. The van der Waals surface area contributed by atoms with Crippen LogP contribution in [-0.4, -0.2) is 17.5 Å². The van der Waals surface area contributed by atoms with Gasteiger partial charge in [-0.2, -0.15) is 24.9 Å². The second kappa shape index (κ2) is 8.69. The van der Waals surface area contributed by atoms with Gasteiger partial charge in [0.2, 0.25) is 0 Å². The number of hydrogen-bond donors (Lipinski definition) is 1. The monoisotopic (exact) mass is 319 g/mol. The van der Waals surface area contributed by atoms with Gasteiger partial charge in [-0.15, -0.1) is 0 Å². The second-order valence-electron chi connectivity index (χ2n) is 5.18. The maximum Gasteiger partial charge on any atom is 0.416 e. The molecule has 2 unspecified atom stereocenters. The van der Waals surface area contributed by atoms with Gasteiger partial charge in [0.25, 0.3) is 0 Å². The third-order valence-electron chi connectivity index (χ3n) is 3.38. The zero-order valence-electron chi connectivity index (χ0n) is 12.8. The highest BCUT2D eigenvalue weighted by atomic mass is 32.2. The van der Waals surface area contributed by atoms with Crippen molar-refractivity contribution in [1.82, 2.24) is 5.32 Å². The SMILES string of the molecule is CCCNC(CSC(C)CC)c1cccc(C(F)(F)F)c1. The molecule has 120 valence electrons. The van der Waals surface area contributed by atoms with E-state index >= 15 is 0 Å². The Morgan fingerprint density at radius 1 is 1.24 bits per heavy atom. The van der Waals surface area contributed by atoms with Crippen LogP contribution in [-0.2, 0) is 6.18 Å². The van der Waals surface area contributed by atoms with Gasteiger partial charge in [0.15, 0.2) is 0 Å². The lowest BCUT2D eigenvalue weighted by molar-refractivity contribution is -0.137. The minimum Gasteiger partial charge on any atom is -0.309 e. The molecule has 0 saturated heterocycles. The highest BCUT2D eigenvalue weighted by Crippen LogP contribution is 2.31. The Balaban J connectivity index is 2.86. The van der Waals surface area contributed by atoms with Gasteiger partial charge in [0.05, 0.1) is 5.56 Å². The van der Waals surface area contributed by atoms with Crippen molar-refractivity contribution < 1.29 is 13.2 Å². The van der Waals surface area contributed by atoms with Crippen LogP contribution in [0.3, 0.4) is 0 Å². The van der Waals surface area contributed by atoms with Crippen molar-refractivity contribution in [2.75, 3.05) is 12.3 Å². The zero-order chi connectivity index (χ0) is 15.9. The fourth-order valence-electron chi connectivity index (χ4n) is 1.90. The fraction of sp³-hybridized carbons (Fsp3) is 0.625. The molecule has 0 aromatic heterocycles. The van der Waals surface area contributed by atoms with Crippen molar-refractivity contribution >= 4 is 11.8 Å². The Kier molecular flexibility index (Phi) is 7.60. The summed E-state index contributed by atoms with van der Waals surface area (Å²) in [5.41, 5.74) is 0.144. The molecular formula is C16H24F3NS. The van der Waals surface area contributed by atoms with E-state index < -0.39 is 11.7 Å². The summed E-state index contributed by atoms with van der Waals surface area (Å²) in [6.07, 6.45) is -2.26. The van der Waals surface area contributed by atoms with Crippen molar-refractivity contribution in [1.29, 1.82) is 0 Å². The van der Waals surface area contributed by atoms with Crippen molar-refractivity contribution in [3.05, 3.63) is 35.4 Å². The summed E-state index contributed by atoms with van der Waals surface area (Å²) in [4.78, 5) is 0. The van der Waals surface area contributed by atoms with Crippen LogP contribution in [0.5, 0.6) is 0 Å². The summed E-state index contributed by atoms with van der Waals surface area (Å²) < 4.78 is 38.5. The maximum atomic E-state index is 12.8. The zero-order valence-corrected chi connectivity index (χ0v) is 13.7. The van der Waals surface area contributed by atoms with E-state index in [0.717, 1.165) is 31.2 Å². The molecule has 0 bridgehead atoms. The molecule has 0 radical (unpaired) electrons. The fourth-order valence-corrected chi connectivity index (χ4v) is 2.97. The third kappa shape index (κ3) is 6.30. The number of alkyl halides is 3. The minimum atomic E-state index is -4.28. The lowest BCUT2D eigenvalue weighted by atomic mass is 10.0. The largest absolute Gasteiger partial charge is 0.416 e. The van der Waals surface area contributed by atoms with Gasteiger partial charge in [0.1, 0.15) is 0 Å². The maximum absolute atomic E-state index is 12.8. The van der Waals surface area contributed by atoms with Gasteiger partial charge in [-0.25, -0.2) is 0 Å². The van der Waals surface area contributed by atoms with E-state index in [-0.39, 0.29) is 6.04 Å². The summed E-state index contributed by atoms with van der Waals surface area (Å²) in [5.74, 6) is 0.788. The molecular weight excluding hydrogens is 295 g/mol. The van der Waals surface area contributed by atoms with Crippen LogP contribution in [0.1, 0.15) is 50.8 Å². The number of halogens is 3. The molecule has 0 amide bonds. The number of rotatable bonds is 8.